The molecule has 0 aliphatic heterocycles. The van der Waals surface area contributed by atoms with E-state index in [1.807, 2.05) is 0 Å². The van der Waals surface area contributed by atoms with Crippen molar-refractivity contribution in [3.05, 3.63) is 0 Å². The fourth-order valence-electron chi connectivity index (χ4n) is 0. The molecule has 10 N–H and O–H groups in total. The predicted octanol–water partition coefficient (Wildman–Crippen LogP) is -9.77. The topological polar surface area (TPSA) is 330 Å². The predicted molar refractivity (Wildman–Crippen MR) is 33.3 cm³/mol. The zero-order chi connectivity index (χ0) is 9.00. The highest BCUT2D eigenvalue weighted by molar-refractivity contribution is 7.40. The molecule has 0 fully saturated rings. The van der Waals surface area contributed by atoms with E-state index in [4.69, 9.17) is 38.5 Å². The molecule has 0 aliphatic rings. The van der Waals surface area contributed by atoms with E-state index in [1.165, 1.54) is 0 Å². The van der Waals surface area contributed by atoms with Gasteiger partial charge in [0.05, 0.1) is 0 Å². The maximum absolute atomic E-state index is 8.55. The van der Waals surface area contributed by atoms with E-state index in [0.717, 1.165) is 0 Å². The van der Waals surface area contributed by atoms with Crippen LogP contribution in [0.25, 0.3) is 0 Å². The van der Waals surface area contributed by atoms with Gasteiger partial charge in [0, 0.05) is 0 Å². The van der Waals surface area contributed by atoms with Gasteiger partial charge in [0.25, 0.3) is 0 Å². The second kappa shape index (κ2) is 16.4. The molecule has 0 atom stereocenters. The Morgan fingerprint density at radius 3 is 0.467 bits per heavy atom. The fourth-order valence-corrected chi connectivity index (χ4v) is 0. The van der Waals surface area contributed by atoms with Crippen LogP contribution in [0.2, 0.25) is 0 Å². The second-order valence-electron chi connectivity index (χ2n) is 0.894. The van der Waals surface area contributed by atoms with Crippen molar-refractivity contribution >= 4 is 15.6 Å². The van der Waals surface area contributed by atoms with Crippen LogP contribution >= 0.6 is 15.6 Å². The second-order valence-corrected chi connectivity index (χ2v) is 2.68. The molecule has 0 saturated heterocycles. The average Bonchev–Trinajstić information content (AvgIpc) is 1.12. The summed E-state index contributed by atoms with van der Waals surface area (Å²) in [4.78, 5) is 51.3. The average molecular weight is 280 g/mol. The molecule has 0 aromatic heterocycles. The lowest BCUT2D eigenvalue weighted by atomic mass is 15.8. The first-order valence-corrected chi connectivity index (χ1v) is 4.38. The first-order chi connectivity index (χ1) is 4.00. The quantitative estimate of drug-likeness (QED) is 0.381. The Labute approximate surface area is 82.6 Å². The SMILES string of the molecule is O.O.O.O.O.O=P([O-])([O-])[O-].O=P([O-])([O-])[O-]. The highest BCUT2D eigenvalue weighted by Crippen LogP contribution is 2.03. The van der Waals surface area contributed by atoms with E-state index in [0.29, 0.717) is 0 Å². The summed E-state index contributed by atoms with van der Waals surface area (Å²) in [6, 6.07) is 0. The van der Waals surface area contributed by atoms with Gasteiger partial charge in [-0.05, 0) is 0 Å². The molecule has 0 heterocycles. The standard InChI is InChI=1S/2H3O4P.5H2O/c2*1-5(2,3)4;;;;;/h2*(H3,1,2,3,4);5*1H2/p-6. The Morgan fingerprint density at radius 1 is 0.467 bits per heavy atom. The van der Waals surface area contributed by atoms with E-state index in [1.54, 1.807) is 0 Å². The van der Waals surface area contributed by atoms with Crippen LogP contribution in [-0.4, -0.2) is 27.4 Å². The van der Waals surface area contributed by atoms with E-state index >= 15 is 0 Å². The first kappa shape index (κ1) is 45.9. The molecule has 0 aromatic rings. The molecule has 104 valence electrons. The normalized spacial score (nSPS) is 7.87. The van der Waals surface area contributed by atoms with Crippen molar-refractivity contribution in [1.29, 1.82) is 0 Å². The van der Waals surface area contributed by atoms with Crippen molar-refractivity contribution in [3.63, 3.8) is 0 Å². The fraction of sp³-hybridized carbons (Fsp3) is 0. The molecule has 13 nitrogen and oxygen atoms in total. The van der Waals surface area contributed by atoms with Crippen LogP contribution in [0.5, 0.6) is 0 Å². The van der Waals surface area contributed by atoms with Crippen LogP contribution in [0.3, 0.4) is 0 Å². The maximum Gasteiger partial charge on any atom is -0.159 e. The summed E-state index contributed by atoms with van der Waals surface area (Å²) in [5.74, 6) is 0. The summed E-state index contributed by atoms with van der Waals surface area (Å²) in [5.41, 5.74) is 0. The van der Waals surface area contributed by atoms with Gasteiger partial charge < -0.3 is 65.9 Å². The van der Waals surface area contributed by atoms with E-state index in [2.05, 4.69) is 0 Å². The maximum atomic E-state index is 8.55. The van der Waals surface area contributed by atoms with E-state index in [-0.39, 0.29) is 27.4 Å². The van der Waals surface area contributed by atoms with Gasteiger partial charge in [0.15, 0.2) is 0 Å². The lowest BCUT2D eigenvalue weighted by molar-refractivity contribution is -0.434. The minimum atomic E-state index is -5.39. The van der Waals surface area contributed by atoms with Crippen LogP contribution in [-0.2, 0) is 9.13 Å². The first-order valence-electron chi connectivity index (χ1n) is 1.46. The van der Waals surface area contributed by atoms with Gasteiger partial charge in [0.1, 0.15) is 0 Å². The van der Waals surface area contributed by atoms with Crippen molar-refractivity contribution in [2.45, 2.75) is 0 Å². The van der Waals surface area contributed by atoms with Gasteiger partial charge in [-0.3, -0.25) is 0 Å². The highest BCUT2D eigenvalue weighted by atomic mass is 31.2. The van der Waals surface area contributed by atoms with Gasteiger partial charge in [0.2, 0.25) is 0 Å². The summed E-state index contributed by atoms with van der Waals surface area (Å²) in [6.07, 6.45) is 0. The molecule has 0 radical (unpaired) electrons. The third kappa shape index (κ3) is 5060000. The lowest BCUT2D eigenvalue weighted by Gasteiger charge is -2.36. The van der Waals surface area contributed by atoms with Crippen LogP contribution in [0.4, 0.5) is 0 Å². The summed E-state index contributed by atoms with van der Waals surface area (Å²) in [7, 11) is -10.8. The van der Waals surface area contributed by atoms with Crippen molar-refractivity contribution in [3.8, 4) is 0 Å². The largest absolute Gasteiger partial charge is 0.822 e. The van der Waals surface area contributed by atoms with Gasteiger partial charge in [-0.25, -0.2) is 0 Å². The molecule has 0 spiro atoms. The van der Waals surface area contributed by atoms with Gasteiger partial charge in [-0.1, -0.05) is 0 Å². The highest BCUT2D eigenvalue weighted by Gasteiger charge is 1.45. The Morgan fingerprint density at radius 2 is 0.467 bits per heavy atom. The third-order valence-corrected chi connectivity index (χ3v) is 0. The summed E-state index contributed by atoms with van der Waals surface area (Å²) >= 11 is 0. The zero-order valence-electron chi connectivity index (χ0n) is 6.66. The van der Waals surface area contributed by atoms with Crippen LogP contribution < -0.4 is 29.4 Å². The molecule has 0 bridgehead atoms. The molecule has 0 aliphatic carbocycles. The molecule has 0 unspecified atom stereocenters. The van der Waals surface area contributed by atoms with E-state index < -0.39 is 15.6 Å². The van der Waals surface area contributed by atoms with Gasteiger partial charge >= 0.3 is 0 Å². The molecule has 0 saturated carbocycles. The Bertz CT molecular complexity index is 121. The van der Waals surface area contributed by atoms with E-state index in [9.17, 15) is 0 Å². The van der Waals surface area contributed by atoms with Crippen molar-refractivity contribution < 1.29 is 65.9 Å². The molecular formula is H10O13P2-6. The Hall–Kier alpha value is 0.0200. The Kier molecular flexibility index (Phi) is 50.3. The zero-order valence-corrected chi connectivity index (χ0v) is 8.45. The molecule has 15 heteroatoms. The third-order valence-electron chi connectivity index (χ3n) is 0. The molecular weight excluding hydrogens is 270 g/mol. The van der Waals surface area contributed by atoms with Gasteiger partial charge in [-0.2, -0.15) is 15.6 Å². The van der Waals surface area contributed by atoms with Crippen molar-refractivity contribution in [1.82, 2.24) is 0 Å². The number of rotatable bonds is 0. The van der Waals surface area contributed by atoms with Crippen LogP contribution in [0.15, 0.2) is 0 Å². The smallest absolute Gasteiger partial charge is 0.159 e. The molecule has 0 aromatic carbocycles. The lowest BCUT2D eigenvalue weighted by Crippen LogP contribution is -2.24. The van der Waals surface area contributed by atoms with Crippen LogP contribution in [0.1, 0.15) is 0 Å². The molecule has 0 rings (SSSR count). The van der Waals surface area contributed by atoms with Crippen LogP contribution in [0, 0.1) is 0 Å². The number of hydrogen-bond acceptors (Lipinski definition) is 8. The molecule has 15 heavy (non-hydrogen) atoms. The van der Waals surface area contributed by atoms with Crippen molar-refractivity contribution in [2.24, 2.45) is 0 Å². The van der Waals surface area contributed by atoms with Gasteiger partial charge in [-0.15, -0.1) is 0 Å². The Balaban J connectivity index is -0.0000000128. The summed E-state index contributed by atoms with van der Waals surface area (Å²) in [6.45, 7) is 0. The number of phosphoric acid groups is 2. The molecule has 0 amide bonds. The summed E-state index contributed by atoms with van der Waals surface area (Å²) in [5, 5.41) is 0. The minimum Gasteiger partial charge on any atom is -0.822 e. The summed E-state index contributed by atoms with van der Waals surface area (Å²) < 4.78 is 17.1. The number of hydrogen-bond donors (Lipinski definition) is 0. The van der Waals surface area contributed by atoms with Crippen molar-refractivity contribution in [2.75, 3.05) is 0 Å². The minimum absolute atomic E-state index is 0. The monoisotopic (exact) mass is 280 g/mol.